The molecule has 20 heavy (non-hydrogen) atoms. The molecule has 0 aromatic carbocycles. The van der Waals surface area contributed by atoms with E-state index < -0.39 is 0 Å². The Morgan fingerprint density at radius 3 is 1.50 bits per heavy atom. The third-order valence-corrected chi connectivity index (χ3v) is 4.81. The molecule has 2 aliphatic heterocycles. The van der Waals surface area contributed by atoms with Gasteiger partial charge in [0.15, 0.2) is 0 Å². The number of amides is 4. The molecule has 2 fully saturated rings. The number of urea groups is 2. The Bertz CT molecular complexity index is 378. The second-order valence-electron chi connectivity index (χ2n) is 5.94. The Morgan fingerprint density at radius 2 is 1.20 bits per heavy atom. The predicted octanol–water partition coefficient (Wildman–Crippen LogP) is 1.97. The highest BCUT2D eigenvalue weighted by Gasteiger charge is 2.58. The third-order valence-electron chi connectivity index (χ3n) is 4.81. The average Bonchev–Trinajstić information content (AvgIpc) is 2.83. The fraction of sp³-hybridized carbons (Fsp3) is 0.857. The quantitative estimate of drug-likeness (QED) is 0.791. The summed E-state index contributed by atoms with van der Waals surface area (Å²) >= 11 is 0. The summed E-state index contributed by atoms with van der Waals surface area (Å²) in [4.78, 5) is 32.2. The minimum atomic E-state index is -0.182. The van der Waals surface area contributed by atoms with Crippen molar-refractivity contribution in [1.82, 2.24) is 19.6 Å². The lowest BCUT2D eigenvalue weighted by Gasteiger charge is -2.36. The van der Waals surface area contributed by atoms with Crippen LogP contribution in [0.5, 0.6) is 0 Å². The second-order valence-corrected chi connectivity index (χ2v) is 5.94. The lowest BCUT2D eigenvalue weighted by Crippen LogP contribution is -2.52. The maximum Gasteiger partial charge on any atom is 0.323 e. The average molecular weight is 282 g/mol. The van der Waals surface area contributed by atoms with E-state index in [2.05, 4.69) is 13.8 Å². The molecule has 6 nitrogen and oxygen atoms in total. The Morgan fingerprint density at radius 1 is 0.850 bits per heavy atom. The lowest BCUT2D eigenvalue weighted by molar-refractivity contribution is 0.0810. The van der Waals surface area contributed by atoms with E-state index in [1.54, 1.807) is 23.9 Å². The monoisotopic (exact) mass is 282 g/mol. The molecule has 0 aliphatic carbocycles. The van der Waals surface area contributed by atoms with E-state index >= 15 is 0 Å². The van der Waals surface area contributed by atoms with Gasteiger partial charge in [-0.15, -0.1) is 0 Å². The first-order valence-corrected chi connectivity index (χ1v) is 7.47. The van der Waals surface area contributed by atoms with E-state index in [4.69, 9.17) is 0 Å². The molecule has 114 valence electrons. The molecule has 0 radical (unpaired) electrons. The highest BCUT2D eigenvalue weighted by Crippen LogP contribution is 2.36. The number of rotatable bonds is 4. The van der Waals surface area contributed by atoms with E-state index in [0.29, 0.717) is 0 Å². The zero-order valence-electron chi connectivity index (χ0n) is 13.3. The molecule has 0 bridgehead atoms. The van der Waals surface area contributed by atoms with Gasteiger partial charge in [-0.25, -0.2) is 9.59 Å². The van der Waals surface area contributed by atoms with Gasteiger partial charge in [-0.05, 0) is 26.7 Å². The first-order chi connectivity index (χ1) is 9.36. The highest BCUT2D eigenvalue weighted by atomic mass is 16.2. The topological polar surface area (TPSA) is 47.1 Å². The molecule has 0 aromatic heterocycles. The summed E-state index contributed by atoms with van der Waals surface area (Å²) in [5, 5.41) is 0. The van der Waals surface area contributed by atoms with Gasteiger partial charge in [0, 0.05) is 26.2 Å². The zero-order valence-corrected chi connectivity index (χ0v) is 13.3. The van der Waals surface area contributed by atoms with Crippen LogP contribution < -0.4 is 0 Å². The van der Waals surface area contributed by atoms with E-state index in [-0.39, 0.29) is 36.5 Å². The minimum Gasteiger partial charge on any atom is -0.303 e. The van der Waals surface area contributed by atoms with E-state index in [1.807, 2.05) is 23.6 Å². The summed E-state index contributed by atoms with van der Waals surface area (Å²) < 4.78 is 0. The van der Waals surface area contributed by atoms with E-state index in [1.165, 1.54) is 0 Å². The molecule has 2 atom stereocenters. The molecule has 2 aliphatic rings. The second kappa shape index (κ2) is 5.14. The normalized spacial score (nSPS) is 29.3. The molecule has 0 unspecified atom stereocenters. The predicted molar refractivity (Wildman–Crippen MR) is 77.1 cm³/mol. The summed E-state index contributed by atoms with van der Waals surface area (Å²) in [6.45, 7) is 8.23. The van der Waals surface area contributed by atoms with Gasteiger partial charge in [0.05, 0.1) is 0 Å². The van der Waals surface area contributed by atoms with Crippen molar-refractivity contribution < 1.29 is 9.59 Å². The van der Waals surface area contributed by atoms with Gasteiger partial charge < -0.3 is 9.80 Å². The molecule has 2 saturated heterocycles. The molecule has 4 amide bonds. The lowest BCUT2D eigenvalue weighted by atomic mass is 10.1. The number of hydrogen-bond acceptors (Lipinski definition) is 2. The fourth-order valence-electron chi connectivity index (χ4n) is 3.19. The van der Waals surface area contributed by atoms with Crippen molar-refractivity contribution >= 4 is 12.1 Å². The summed E-state index contributed by atoms with van der Waals surface area (Å²) in [5.74, 6) is 0. The SMILES string of the molecule is CC[C@H](C)N1C(=O)N(C)C2C1N([C@@H](C)CC)C(=O)N2C. The van der Waals surface area contributed by atoms with Crippen LogP contribution in [-0.2, 0) is 0 Å². The number of nitrogens with zero attached hydrogens (tertiary/aromatic N) is 4. The number of carbonyl (C=O) groups excluding carboxylic acids is 2. The first kappa shape index (κ1) is 14.9. The van der Waals surface area contributed by atoms with Gasteiger partial charge >= 0.3 is 12.1 Å². The number of carbonyl (C=O) groups is 2. The van der Waals surface area contributed by atoms with Gasteiger partial charge in [-0.1, -0.05) is 13.8 Å². The van der Waals surface area contributed by atoms with Crippen LogP contribution in [-0.4, -0.2) is 70.2 Å². The van der Waals surface area contributed by atoms with Crippen molar-refractivity contribution in [3.8, 4) is 0 Å². The summed E-state index contributed by atoms with van der Waals surface area (Å²) in [6.07, 6.45) is 1.41. The summed E-state index contributed by atoms with van der Waals surface area (Å²) in [5.41, 5.74) is 0. The summed E-state index contributed by atoms with van der Waals surface area (Å²) in [6, 6.07) is 0.292. The van der Waals surface area contributed by atoms with Gasteiger partial charge in [0.1, 0.15) is 12.3 Å². The van der Waals surface area contributed by atoms with Crippen molar-refractivity contribution in [2.45, 2.75) is 65.0 Å². The van der Waals surface area contributed by atoms with E-state index in [9.17, 15) is 9.59 Å². The first-order valence-electron chi connectivity index (χ1n) is 7.47. The number of fused-ring (bicyclic) bond motifs is 1. The van der Waals surface area contributed by atoms with Gasteiger partial charge in [0.2, 0.25) is 0 Å². The van der Waals surface area contributed by atoms with Crippen molar-refractivity contribution in [2.75, 3.05) is 14.1 Å². The van der Waals surface area contributed by atoms with Crippen LogP contribution >= 0.6 is 0 Å². The third kappa shape index (κ3) is 1.84. The summed E-state index contributed by atoms with van der Waals surface area (Å²) in [7, 11) is 3.57. The number of hydrogen-bond donors (Lipinski definition) is 0. The molecular weight excluding hydrogens is 256 g/mol. The number of likely N-dealkylation sites (N-methyl/N-ethyl adjacent to an activating group) is 2. The Hall–Kier alpha value is -1.46. The van der Waals surface area contributed by atoms with Crippen molar-refractivity contribution in [3.63, 3.8) is 0 Å². The van der Waals surface area contributed by atoms with Crippen LogP contribution in [0.1, 0.15) is 40.5 Å². The maximum atomic E-state index is 12.5. The molecule has 2 heterocycles. The smallest absolute Gasteiger partial charge is 0.303 e. The molecule has 0 saturated carbocycles. The largest absolute Gasteiger partial charge is 0.323 e. The molecule has 6 heteroatoms. The minimum absolute atomic E-state index is 0.0157. The molecule has 0 spiro atoms. The zero-order chi connectivity index (χ0) is 15.2. The van der Waals surface area contributed by atoms with E-state index in [0.717, 1.165) is 12.8 Å². The maximum absolute atomic E-state index is 12.5. The molecule has 2 rings (SSSR count). The van der Waals surface area contributed by atoms with Crippen LogP contribution in [0.25, 0.3) is 0 Å². The van der Waals surface area contributed by atoms with Crippen LogP contribution in [0.3, 0.4) is 0 Å². The van der Waals surface area contributed by atoms with Crippen molar-refractivity contribution in [3.05, 3.63) is 0 Å². The van der Waals surface area contributed by atoms with Crippen LogP contribution in [0.2, 0.25) is 0 Å². The Kier molecular flexibility index (Phi) is 3.84. The van der Waals surface area contributed by atoms with Crippen LogP contribution in [0, 0.1) is 0 Å². The molecule has 0 N–H and O–H groups in total. The van der Waals surface area contributed by atoms with Gasteiger partial charge in [0.25, 0.3) is 0 Å². The molecular formula is C14H26N4O2. The van der Waals surface area contributed by atoms with Crippen molar-refractivity contribution in [1.29, 1.82) is 0 Å². The van der Waals surface area contributed by atoms with Crippen LogP contribution in [0.15, 0.2) is 0 Å². The van der Waals surface area contributed by atoms with Gasteiger partial charge in [-0.3, -0.25) is 9.80 Å². The van der Waals surface area contributed by atoms with Gasteiger partial charge in [-0.2, -0.15) is 0 Å². The highest BCUT2D eigenvalue weighted by molar-refractivity contribution is 5.85. The Balaban J connectivity index is 2.42. The standard InChI is InChI=1S/C14H26N4O2/c1-7-9(3)17-12-11(15(5)13(17)19)16(6)14(20)18(12)10(4)8-2/h9-12H,7-8H2,1-6H3/t9-,10-,11?,12?/m0/s1. The Labute approximate surface area is 121 Å². The van der Waals surface area contributed by atoms with Crippen molar-refractivity contribution in [2.24, 2.45) is 0 Å². The fourth-order valence-corrected chi connectivity index (χ4v) is 3.19. The van der Waals surface area contributed by atoms with Crippen LogP contribution in [0.4, 0.5) is 9.59 Å². The molecule has 0 aromatic rings.